The van der Waals surface area contributed by atoms with Gasteiger partial charge in [-0.3, -0.25) is 0 Å². The standard InChI is InChI=1S/C23H48OS/c1-3-5-7-8-9-10-11-12-13-14-15-16-17-18-20-22(19-6-4-2)23(24)21-25/h22-25H,3-21H2,1-2H3. The van der Waals surface area contributed by atoms with Crippen LogP contribution < -0.4 is 0 Å². The molecule has 0 saturated carbocycles. The Morgan fingerprint density at radius 2 is 0.920 bits per heavy atom. The van der Waals surface area contributed by atoms with E-state index >= 15 is 0 Å². The molecule has 0 rings (SSSR count). The first kappa shape index (κ1) is 25.3. The van der Waals surface area contributed by atoms with Crippen LogP contribution in [0.5, 0.6) is 0 Å². The summed E-state index contributed by atoms with van der Waals surface area (Å²) >= 11 is 4.27. The van der Waals surface area contributed by atoms with Crippen LogP contribution in [0, 0.1) is 5.92 Å². The van der Waals surface area contributed by atoms with Crippen molar-refractivity contribution in [3.8, 4) is 0 Å². The largest absolute Gasteiger partial charge is 0.392 e. The van der Waals surface area contributed by atoms with Crippen LogP contribution in [-0.4, -0.2) is 17.0 Å². The molecule has 2 unspecified atom stereocenters. The highest BCUT2D eigenvalue weighted by Gasteiger charge is 2.16. The topological polar surface area (TPSA) is 20.2 Å². The van der Waals surface area contributed by atoms with E-state index in [4.69, 9.17) is 0 Å². The molecular weight excluding hydrogens is 324 g/mol. The molecular formula is C23H48OS. The minimum Gasteiger partial charge on any atom is -0.392 e. The van der Waals surface area contributed by atoms with Gasteiger partial charge in [-0.2, -0.15) is 12.6 Å². The lowest BCUT2D eigenvalue weighted by Gasteiger charge is -2.21. The van der Waals surface area contributed by atoms with Crippen molar-refractivity contribution in [1.29, 1.82) is 0 Å². The van der Waals surface area contributed by atoms with Gasteiger partial charge in [0, 0.05) is 5.75 Å². The van der Waals surface area contributed by atoms with Gasteiger partial charge in [0.25, 0.3) is 0 Å². The van der Waals surface area contributed by atoms with Gasteiger partial charge in [-0.05, 0) is 18.8 Å². The first-order chi connectivity index (χ1) is 12.3. The van der Waals surface area contributed by atoms with Crippen LogP contribution in [0.2, 0.25) is 0 Å². The molecule has 0 bridgehead atoms. The van der Waals surface area contributed by atoms with Gasteiger partial charge < -0.3 is 5.11 Å². The van der Waals surface area contributed by atoms with E-state index in [1.165, 1.54) is 116 Å². The number of thiol groups is 1. The average molecular weight is 373 g/mol. The van der Waals surface area contributed by atoms with Gasteiger partial charge in [-0.25, -0.2) is 0 Å². The molecule has 0 aliphatic carbocycles. The van der Waals surface area contributed by atoms with Crippen LogP contribution in [0.25, 0.3) is 0 Å². The highest BCUT2D eigenvalue weighted by Crippen LogP contribution is 2.22. The zero-order valence-corrected chi connectivity index (χ0v) is 18.4. The molecule has 0 amide bonds. The molecule has 1 nitrogen and oxygen atoms in total. The molecule has 0 aliphatic rings. The fourth-order valence-corrected chi connectivity index (χ4v) is 4.04. The maximum absolute atomic E-state index is 10.1. The van der Waals surface area contributed by atoms with Crippen LogP contribution in [0.1, 0.15) is 129 Å². The van der Waals surface area contributed by atoms with Crippen molar-refractivity contribution < 1.29 is 5.11 Å². The van der Waals surface area contributed by atoms with Crippen molar-refractivity contribution in [2.75, 3.05) is 5.75 Å². The summed E-state index contributed by atoms with van der Waals surface area (Å²) in [5.41, 5.74) is 0. The number of hydrogen-bond acceptors (Lipinski definition) is 2. The second-order valence-electron chi connectivity index (χ2n) is 8.04. The molecule has 1 N–H and O–H groups in total. The fourth-order valence-electron chi connectivity index (χ4n) is 3.75. The van der Waals surface area contributed by atoms with Gasteiger partial charge in [-0.1, -0.05) is 117 Å². The molecule has 0 aromatic heterocycles. The lowest BCUT2D eigenvalue weighted by molar-refractivity contribution is 0.115. The summed E-state index contributed by atoms with van der Waals surface area (Å²) in [7, 11) is 0. The average Bonchev–Trinajstić information content (AvgIpc) is 2.63. The van der Waals surface area contributed by atoms with E-state index in [2.05, 4.69) is 26.5 Å². The third-order valence-electron chi connectivity index (χ3n) is 5.59. The molecule has 0 spiro atoms. The quantitative estimate of drug-likeness (QED) is 0.164. The van der Waals surface area contributed by atoms with Crippen molar-refractivity contribution in [3.05, 3.63) is 0 Å². The number of aliphatic hydroxyl groups excluding tert-OH is 1. The van der Waals surface area contributed by atoms with Gasteiger partial charge >= 0.3 is 0 Å². The monoisotopic (exact) mass is 372 g/mol. The Labute approximate surface area is 165 Å². The summed E-state index contributed by atoms with van der Waals surface area (Å²) in [6.07, 6.45) is 24.4. The van der Waals surface area contributed by atoms with Crippen LogP contribution in [0.15, 0.2) is 0 Å². The van der Waals surface area contributed by atoms with Crippen molar-refractivity contribution >= 4 is 12.6 Å². The lowest BCUT2D eigenvalue weighted by atomic mass is 9.91. The molecule has 0 aliphatic heterocycles. The van der Waals surface area contributed by atoms with Crippen LogP contribution in [-0.2, 0) is 0 Å². The SMILES string of the molecule is CCCCCCCCCCCCCCCCC(CCCC)C(O)CS. The minimum atomic E-state index is -0.197. The Kier molecular flexibility index (Phi) is 20.9. The molecule has 0 aromatic carbocycles. The number of rotatable bonds is 20. The van der Waals surface area contributed by atoms with E-state index in [1.807, 2.05) is 0 Å². The molecule has 2 heteroatoms. The summed E-state index contributed by atoms with van der Waals surface area (Å²) < 4.78 is 0. The van der Waals surface area contributed by atoms with Gasteiger partial charge in [0.05, 0.1) is 6.10 Å². The second-order valence-corrected chi connectivity index (χ2v) is 8.40. The van der Waals surface area contributed by atoms with Gasteiger partial charge in [0.15, 0.2) is 0 Å². The fraction of sp³-hybridized carbons (Fsp3) is 1.00. The Bertz CT molecular complexity index is 244. The maximum Gasteiger partial charge on any atom is 0.0656 e. The van der Waals surface area contributed by atoms with Crippen LogP contribution in [0.3, 0.4) is 0 Å². The summed E-state index contributed by atoms with van der Waals surface area (Å²) in [6, 6.07) is 0. The molecule has 0 radical (unpaired) electrons. The van der Waals surface area contributed by atoms with E-state index in [0.717, 1.165) is 0 Å². The Hall–Kier alpha value is 0.310. The third-order valence-corrected chi connectivity index (χ3v) is 5.96. The molecule has 0 heterocycles. The zero-order valence-electron chi connectivity index (χ0n) is 17.5. The minimum absolute atomic E-state index is 0.197. The van der Waals surface area contributed by atoms with Crippen LogP contribution in [0.4, 0.5) is 0 Å². The Morgan fingerprint density at radius 3 is 1.32 bits per heavy atom. The van der Waals surface area contributed by atoms with Gasteiger partial charge in [0.1, 0.15) is 0 Å². The maximum atomic E-state index is 10.1. The van der Waals surface area contributed by atoms with Gasteiger partial charge in [-0.15, -0.1) is 0 Å². The number of unbranched alkanes of at least 4 members (excludes halogenated alkanes) is 14. The Balaban J connectivity index is 3.33. The van der Waals surface area contributed by atoms with Crippen molar-refractivity contribution in [3.63, 3.8) is 0 Å². The van der Waals surface area contributed by atoms with Gasteiger partial charge in [0.2, 0.25) is 0 Å². The highest BCUT2D eigenvalue weighted by atomic mass is 32.1. The van der Waals surface area contributed by atoms with E-state index < -0.39 is 0 Å². The van der Waals surface area contributed by atoms with Crippen molar-refractivity contribution in [1.82, 2.24) is 0 Å². The smallest absolute Gasteiger partial charge is 0.0656 e. The normalized spacial score (nSPS) is 13.9. The molecule has 0 fully saturated rings. The Morgan fingerprint density at radius 1 is 0.560 bits per heavy atom. The van der Waals surface area contributed by atoms with E-state index in [1.54, 1.807) is 0 Å². The second kappa shape index (κ2) is 20.6. The lowest BCUT2D eigenvalue weighted by Crippen LogP contribution is -2.22. The molecule has 0 aromatic rings. The molecule has 2 atom stereocenters. The molecule has 152 valence electrons. The van der Waals surface area contributed by atoms with Crippen LogP contribution >= 0.6 is 12.6 Å². The predicted molar refractivity (Wildman–Crippen MR) is 118 cm³/mol. The highest BCUT2D eigenvalue weighted by molar-refractivity contribution is 7.80. The summed E-state index contributed by atoms with van der Waals surface area (Å²) in [6.45, 7) is 4.52. The van der Waals surface area contributed by atoms with Crippen molar-refractivity contribution in [2.45, 2.75) is 136 Å². The number of hydrogen-bond donors (Lipinski definition) is 2. The summed E-state index contributed by atoms with van der Waals surface area (Å²) in [4.78, 5) is 0. The summed E-state index contributed by atoms with van der Waals surface area (Å²) in [5.74, 6) is 1.10. The van der Waals surface area contributed by atoms with E-state index in [0.29, 0.717) is 11.7 Å². The number of aliphatic hydroxyl groups is 1. The first-order valence-corrected chi connectivity index (χ1v) is 12.2. The predicted octanol–water partition coefficient (Wildman–Crippen LogP) is 7.95. The van der Waals surface area contributed by atoms with Crippen molar-refractivity contribution in [2.24, 2.45) is 5.92 Å². The third kappa shape index (κ3) is 17.5. The summed E-state index contributed by atoms with van der Waals surface area (Å²) in [5, 5.41) is 10.1. The van der Waals surface area contributed by atoms with E-state index in [-0.39, 0.29) is 6.10 Å². The zero-order chi connectivity index (χ0) is 18.6. The first-order valence-electron chi connectivity index (χ1n) is 11.5. The molecule has 0 saturated heterocycles. The van der Waals surface area contributed by atoms with E-state index in [9.17, 15) is 5.11 Å². The molecule has 25 heavy (non-hydrogen) atoms.